The van der Waals surface area contributed by atoms with Gasteiger partial charge in [-0.1, -0.05) is 0 Å². The third-order valence-corrected chi connectivity index (χ3v) is 2.55. The molecule has 2 N–H and O–H groups in total. The van der Waals surface area contributed by atoms with Gasteiger partial charge in [-0.25, -0.2) is 4.79 Å². The molecular formula is C14H14N2O3. The third-order valence-electron chi connectivity index (χ3n) is 2.55. The Morgan fingerprint density at radius 1 is 1.26 bits per heavy atom. The van der Waals surface area contributed by atoms with Gasteiger partial charge in [0.25, 0.3) is 0 Å². The SMILES string of the molecule is COC(=O)c1cc(N)ccc1OCc1ccncc1. The number of nitrogens with zero attached hydrogens (tertiary/aromatic N) is 1. The van der Waals surface area contributed by atoms with Gasteiger partial charge in [0.15, 0.2) is 0 Å². The monoisotopic (exact) mass is 258 g/mol. The highest BCUT2D eigenvalue weighted by Gasteiger charge is 2.13. The van der Waals surface area contributed by atoms with Crippen molar-refractivity contribution in [1.82, 2.24) is 4.98 Å². The summed E-state index contributed by atoms with van der Waals surface area (Å²) in [7, 11) is 1.32. The fourth-order valence-electron chi connectivity index (χ4n) is 1.58. The molecule has 98 valence electrons. The van der Waals surface area contributed by atoms with E-state index in [2.05, 4.69) is 4.98 Å². The van der Waals surface area contributed by atoms with E-state index in [0.29, 0.717) is 23.6 Å². The molecule has 5 heteroatoms. The summed E-state index contributed by atoms with van der Waals surface area (Å²) in [6, 6.07) is 8.55. The molecule has 0 unspecified atom stereocenters. The fraction of sp³-hybridized carbons (Fsp3) is 0.143. The highest BCUT2D eigenvalue weighted by molar-refractivity contribution is 5.93. The molecule has 0 spiro atoms. The van der Waals surface area contributed by atoms with Crippen molar-refractivity contribution in [2.75, 3.05) is 12.8 Å². The molecular weight excluding hydrogens is 244 g/mol. The Morgan fingerprint density at radius 3 is 2.68 bits per heavy atom. The lowest BCUT2D eigenvalue weighted by atomic mass is 10.2. The second-order valence-electron chi connectivity index (χ2n) is 3.89. The van der Waals surface area contributed by atoms with Gasteiger partial charge in [-0.15, -0.1) is 0 Å². The minimum Gasteiger partial charge on any atom is -0.488 e. The van der Waals surface area contributed by atoms with Crippen molar-refractivity contribution in [1.29, 1.82) is 0 Å². The molecule has 0 radical (unpaired) electrons. The average molecular weight is 258 g/mol. The van der Waals surface area contributed by atoms with E-state index >= 15 is 0 Å². The van der Waals surface area contributed by atoms with Crippen molar-refractivity contribution in [3.05, 3.63) is 53.9 Å². The lowest BCUT2D eigenvalue weighted by Gasteiger charge is -2.10. The second kappa shape index (κ2) is 5.86. The first-order valence-corrected chi connectivity index (χ1v) is 5.70. The van der Waals surface area contributed by atoms with Crippen LogP contribution in [0.1, 0.15) is 15.9 Å². The highest BCUT2D eigenvalue weighted by atomic mass is 16.5. The van der Waals surface area contributed by atoms with Crippen molar-refractivity contribution < 1.29 is 14.3 Å². The maximum Gasteiger partial charge on any atom is 0.341 e. The Hall–Kier alpha value is -2.56. The molecule has 0 bridgehead atoms. The summed E-state index contributed by atoms with van der Waals surface area (Å²) in [4.78, 5) is 15.6. The number of carbonyl (C=O) groups excluding carboxylic acids is 1. The van der Waals surface area contributed by atoms with E-state index in [1.165, 1.54) is 13.2 Å². The molecule has 0 amide bonds. The van der Waals surface area contributed by atoms with Crippen molar-refractivity contribution in [2.45, 2.75) is 6.61 Å². The number of nitrogen functional groups attached to an aromatic ring is 1. The summed E-state index contributed by atoms with van der Waals surface area (Å²) in [6.45, 7) is 0.344. The molecule has 0 saturated heterocycles. The molecule has 0 aliphatic carbocycles. The number of benzene rings is 1. The van der Waals surface area contributed by atoms with Gasteiger partial charge in [-0.2, -0.15) is 0 Å². The van der Waals surface area contributed by atoms with E-state index in [1.807, 2.05) is 12.1 Å². The zero-order valence-corrected chi connectivity index (χ0v) is 10.5. The van der Waals surface area contributed by atoms with Crippen LogP contribution in [-0.4, -0.2) is 18.1 Å². The molecule has 0 atom stereocenters. The molecule has 0 saturated carbocycles. The van der Waals surface area contributed by atoms with Crippen LogP contribution in [0.25, 0.3) is 0 Å². The summed E-state index contributed by atoms with van der Waals surface area (Å²) in [5, 5.41) is 0. The van der Waals surface area contributed by atoms with Gasteiger partial charge in [-0.3, -0.25) is 4.98 Å². The fourth-order valence-corrected chi connectivity index (χ4v) is 1.58. The Bertz CT molecular complexity index is 570. The maximum atomic E-state index is 11.6. The first-order chi connectivity index (χ1) is 9.20. The summed E-state index contributed by atoms with van der Waals surface area (Å²) < 4.78 is 10.3. The first-order valence-electron chi connectivity index (χ1n) is 5.70. The van der Waals surface area contributed by atoms with E-state index in [9.17, 15) is 4.79 Å². The number of methoxy groups -OCH3 is 1. The third kappa shape index (κ3) is 3.22. The van der Waals surface area contributed by atoms with Crippen LogP contribution in [0.3, 0.4) is 0 Å². The Morgan fingerprint density at radius 2 is 2.00 bits per heavy atom. The summed E-state index contributed by atoms with van der Waals surface area (Å²) in [6.07, 6.45) is 3.37. The molecule has 0 aliphatic rings. The summed E-state index contributed by atoms with van der Waals surface area (Å²) in [5.41, 5.74) is 7.42. The molecule has 19 heavy (non-hydrogen) atoms. The van der Waals surface area contributed by atoms with E-state index in [-0.39, 0.29) is 0 Å². The molecule has 0 fully saturated rings. The Labute approximate surface area is 111 Å². The van der Waals surface area contributed by atoms with E-state index in [1.54, 1.807) is 24.5 Å². The number of anilines is 1. The second-order valence-corrected chi connectivity index (χ2v) is 3.89. The van der Waals surface area contributed by atoms with Crippen LogP contribution in [0.15, 0.2) is 42.7 Å². The van der Waals surface area contributed by atoms with Gasteiger partial charge in [0.1, 0.15) is 17.9 Å². The number of hydrogen-bond acceptors (Lipinski definition) is 5. The van der Waals surface area contributed by atoms with E-state index in [0.717, 1.165) is 5.56 Å². The van der Waals surface area contributed by atoms with Gasteiger partial charge in [-0.05, 0) is 35.9 Å². The van der Waals surface area contributed by atoms with Crippen LogP contribution < -0.4 is 10.5 Å². The molecule has 2 aromatic rings. The minimum absolute atomic E-state index is 0.316. The zero-order chi connectivity index (χ0) is 13.7. The maximum absolute atomic E-state index is 11.6. The lowest BCUT2D eigenvalue weighted by Crippen LogP contribution is -2.06. The number of ether oxygens (including phenoxy) is 2. The normalized spacial score (nSPS) is 9.95. The van der Waals surface area contributed by atoms with Crippen LogP contribution in [0.2, 0.25) is 0 Å². The number of carbonyl (C=O) groups is 1. The molecule has 1 aromatic carbocycles. The van der Waals surface area contributed by atoms with Crippen molar-refractivity contribution >= 4 is 11.7 Å². The van der Waals surface area contributed by atoms with Crippen molar-refractivity contribution in [2.24, 2.45) is 0 Å². The highest BCUT2D eigenvalue weighted by Crippen LogP contribution is 2.23. The topological polar surface area (TPSA) is 74.4 Å². The number of nitrogens with two attached hydrogens (primary N) is 1. The number of hydrogen-bond donors (Lipinski definition) is 1. The molecule has 2 rings (SSSR count). The van der Waals surface area contributed by atoms with Crippen molar-refractivity contribution in [3.8, 4) is 5.75 Å². The van der Waals surface area contributed by atoms with E-state index < -0.39 is 5.97 Å². The van der Waals surface area contributed by atoms with Gasteiger partial charge in [0, 0.05) is 18.1 Å². The summed E-state index contributed by atoms with van der Waals surface area (Å²) >= 11 is 0. The molecule has 0 aliphatic heterocycles. The van der Waals surface area contributed by atoms with Gasteiger partial charge in [0.2, 0.25) is 0 Å². The zero-order valence-electron chi connectivity index (χ0n) is 10.5. The van der Waals surface area contributed by atoms with Crippen LogP contribution in [0.5, 0.6) is 5.75 Å². The largest absolute Gasteiger partial charge is 0.488 e. The molecule has 5 nitrogen and oxygen atoms in total. The Balaban J connectivity index is 2.18. The van der Waals surface area contributed by atoms with Crippen molar-refractivity contribution in [3.63, 3.8) is 0 Å². The minimum atomic E-state index is -0.475. The van der Waals surface area contributed by atoms with Crippen LogP contribution in [0.4, 0.5) is 5.69 Å². The Kier molecular flexibility index (Phi) is 3.97. The van der Waals surface area contributed by atoms with E-state index in [4.69, 9.17) is 15.2 Å². The predicted octanol–water partition coefficient (Wildman–Crippen LogP) is 2.03. The smallest absolute Gasteiger partial charge is 0.341 e. The number of pyridine rings is 1. The first kappa shape index (κ1) is 12.9. The van der Waals surface area contributed by atoms with Gasteiger partial charge in [0.05, 0.1) is 7.11 Å². The number of rotatable bonds is 4. The van der Waals surface area contributed by atoms with Crippen LogP contribution in [-0.2, 0) is 11.3 Å². The van der Waals surface area contributed by atoms with Gasteiger partial charge < -0.3 is 15.2 Å². The molecule has 1 aromatic heterocycles. The quantitative estimate of drug-likeness (QED) is 0.671. The average Bonchev–Trinajstić information content (AvgIpc) is 2.46. The lowest BCUT2D eigenvalue weighted by molar-refractivity contribution is 0.0595. The van der Waals surface area contributed by atoms with Crippen LogP contribution >= 0.6 is 0 Å². The molecule has 1 heterocycles. The standard InChI is InChI=1S/C14H14N2O3/c1-18-14(17)12-8-11(15)2-3-13(12)19-9-10-4-6-16-7-5-10/h2-8H,9,15H2,1H3. The number of esters is 1. The summed E-state index contributed by atoms with van der Waals surface area (Å²) in [5.74, 6) is -0.0325. The predicted molar refractivity (Wildman–Crippen MR) is 70.8 cm³/mol. The van der Waals surface area contributed by atoms with Crippen LogP contribution in [0, 0.1) is 0 Å². The van der Waals surface area contributed by atoms with Gasteiger partial charge >= 0.3 is 5.97 Å². The number of aromatic nitrogens is 1.